The monoisotopic (exact) mass is 474 g/mol. The third kappa shape index (κ3) is 5.56. The fourth-order valence-electron chi connectivity index (χ4n) is 3.80. The molecule has 0 radical (unpaired) electrons. The molecule has 4 aromatic carbocycles. The number of rotatable bonds is 5. The number of nitrogens with one attached hydrogen (secondary N) is 1. The molecule has 0 aliphatic carbocycles. The summed E-state index contributed by atoms with van der Waals surface area (Å²) in [6, 6.07) is 23.3. The van der Waals surface area contributed by atoms with Gasteiger partial charge in [-0.2, -0.15) is 18.4 Å². The van der Waals surface area contributed by atoms with Crippen molar-refractivity contribution in [3.05, 3.63) is 119 Å². The average molecular weight is 474 g/mol. The first-order valence-corrected chi connectivity index (χ1v) is 10.6. The van der Waals surface area contributed by atoms with Gasteiger partial charge in [0.1, 0.15) is 17.5 Å². The van der Waals surface area contributed by atoms with Crippen LogP contribution in [-0.2, 0) is 17.4 Å². The minimum absolute atomic E-state index is 0.0797. The molecule has 1 N–H and O–H groups in total. The maximum Gasteiger partial charge on any atom is 0.416 e. The van der Waals surface area contributed by atoms with Crippen LogP contribution >= 0.6 is 0 Å². The Morgan fingerprint density at radius 1 is 0.943 bits per heavy atom. The van der Waals surface area contributed by atoms with E-state index in [1.165, 1.54) is 30.3 Å². The minimum atomic E-state index is -4.57. The normalized spacial score (nSPS) is 11.8. The summed E-state index contributed by atoms with van der Waals surface area (Å²) in [6.07, 6.45) is -2.80. The molecule has 0 aliphatic rings. The molecule has 1 amide bonds. The van der Waals surface area contributed by atoms with Crippen molar-refractivity contribution in [2.75, 3.05) is 5.32 Å². The average Bonchev–Trinajstić information content (AvgIpc) is 2.83. The van der Waals surface area contributed by atoms with Crippen molar-refractivity contribution in [3.63, 3.8) is 0 Å². The van der Waals surface area contributed by atoms with Crippen molar-refractivity contribution in [1.82, 2.24) is 0 Å². The van der Waals surface area contributed by atoms with Crippen LogP contribution in [-0.4, -0.2) is 5.91 Å². The molecular formula is C28H18F4N2O. The molecule has 4 rings (SSSR count). The van der Waals surface area contributed by atoms with Gasteiger partial charge in [0.05, 0.1) is 5.56 Å². The zero-order valence-electron chi connectivity index (χ0n) is 18.2. The number of nitriles is 1. The van der Waals surface area contributed by atoms with E-state index in [0.29, 0.717) is 17.5 Å². The Labute approximate surface area is 198 Å². The van der Waals surface area contributed by atoms with Gasteiger partial charge in [-0.1, -0.05) is 54.6 Å². The molecule has 0 saturated heterocycles. The first kappa shape index (κ1) is 23.7. The van der Waals surface area contributed by atoms with E-state index < -0.39 is 17.6 Å². The SMILES string of the molecule is N#C/C(=C\c1c(Cc2cccc(F)c2)ccc2ccccc12)C(=O)Nc1cccc(C(F)(F)F)c1. The van der Waals surface area contributed by atoms with Crippen LogP contribution in [0.1, 0.15) is 22.3 Å². The molecule has 3 nitrogen and oxygen atoms in total. The molecule has 174 valence electrons. The number of carbonyl (C=O) groups excluding carboxylic acids is 1. The smallest absolute Gasteiger partial charge is 0.321 e. The van der Waals surface area contributed by atoms with E-state index in [4.69, 9.17) is 0 Å². The highest BCUT2D eigenvalue weighted by Gasteiger charge is 2.30. The van der Waals surface area contributed by atoms with Crippen molar-refractivity contribution < 1.29 is 22.4 Å². The number of amides is 1. The predicted molar refractivity (Wildman–Crippen MR) is 127 cm³/mol. The Hall–Kier alpha value is -4.44. The van der Waals surface area contributed by atoms with Gasteiger partial charge in [0.25, 0.3) is 5.91 Å². The van der Waals surface area contributed by atoms with Crippen LogP contribution in [0.2, 0.25) is 0 Å². The number of hydrogen-bond acceptors (Lipinski definition) is 2. The standard InChI is InChI=1S/C28H18F4N2O/c29-23-8-3-5-18(14-23)13-20-12-11-19-6-1-2-10-25(19)26(20)15-21(17-33)27(35)34-24-9-4-7-22(16-24)28(30,31)32/h1-12,14-16H,13H2,(H,34,35)/b21-15+. The molecule has 0 saturated carbocycles. The number of anilines is 1. The molecule has 0 atom stereocenters. The molecule has 0 heterocycles. The van der Waals surface area contributed by atoms with Gasteiger partial charge in [0.15, 0.2) is 0 Å². The Kier molecular flexibility index (Phi) is 6.65. The number of alkyl halides is 3. The van der Waals surface area contributed by atoms with Gasteiger partial charge in [-0.15, -0.1) is 0 Å². The lowest BCUT2D eigenvalue weighted by Gasteiger charge is -2.12. The van der Waals surface area contributed by atoms with Crippen LogP contribution in [0.5, 0.6) is 0 Å². The maximum absolute atomic E-state index is 13.7. The Balaban J connectivity index is 1.74. The predicted octanol–water partition coefficient (Wildman–Crippen LogP) is 7.13. The van der Waals surface area contributed by atoms with E-state index in [1.54, 1.807) is 12.1 Å². The molecule has 4 aromatic rings. The first-order valence-electron chi connectivity index (χ1n) is 10.6. The second-order valence-corrected chi connectivity index (χ2v) is 7.87. The van der Waals surface area contributed by atoms with Crippen molar-refractivity contribution in [3.8, 4) is 6.07 Å². The van der Waals surface area contributed by atoms with Gasteiger partial charge in [-0.3, -0.25) is 4.79 Å². The molecule has 0 unspecified atom stereocenters. The summed E-state index contributed by atoms with van der Waals surface area (Å²) < 4.78 is 52.8. The van der Waals surface area contributed by atoms with Crippen LogP contribution < -0.4 is 5.32 Å². The summed E-state index contributed by atoms with van der Waals surface area (Å²) in [5, 5.41) is 13.7. The van der Waals surface area contributed by atoms with Gasteiger partial charge < -0.3 is 5.32 Å². The second-order valence-electron chi connectivity index (χ2n) is 7.87. The summed E-state index contributed by atoms with van der Waals surface area (Å²) in [5.41, 5.74) is 0.797. The highest BCUT2D eigenvalue weighted by molar-refractivity contribution is 6.11. The number of fused-ring (bicyclic) bond motifs is 1. The largest absolute Gasteiger partial charge is 0.416 e. The molecular weight excluding hydrogens is 456 g/mol. The van der Waals surface area contributed by atoms with E-state index in [9.17, 15) is 27.6 Å². The van der Waals surface area contributed by atoms with Gasteiger partial charge in [-0.25, -0.2) is 4.39 Å². The van der Waals surface area contributed by atoms with Crippen LogP contribution in [0.15, 0.2) is 90.5 Å². The molecule has 0 fully saturated rings. The highest BCUT2D eigenvalue weighted by Crippen LogP contribution is 2.31. The molecule has 0 aromatic heterocycles. The van der Waals surface area contributed by atoms with E-state index in [0.717, 1.165) is 28.5 Å². The zero-order chi connectivity index (χ0) is 25.0. The number of carbonyl (C=O) groups is 1. The number of halogens is 4. The van der Waals surface area contributed by atoms with E-state index in [1.807, 2.05) is 42.5 Å². The Morgan fingerprint density at radius 2 is 1.71 bits per heavy atom. The number of nitrogens with zero attached hydrogens (tertiary/aromatic N) is 1. The summed E-state index contributed by atoms with van der Waals surface area (Å²) in [5.74, 6) is -1.21. The van der Waals surface area contributed by atoms with Gasteiger partial charge in [0.2, 0.25) is 0 Å². The van der Waals surface area contributed by atoms with Gasteiger partial charge in [0, 0.05) is 5.69 Å². The van der Waals surface area contributed by atoms with Crippen LogP contribution in [0.25, 0.3) is 16.8 Å². The topological polar surface area (TPSA) is 52.9 Å². The molecule has 7 heteroatoms. The Morgan fingerprint density at radius 3 is 2.46 bits per heavy atom. The maximum atomic E-state index is 13.7. The van der Waals surface area contributed by atoms with Crippen molar-refractivity contribution in [1.29, 1.82) is 5.26 Å². The highest BCUT2D eigenvalue weighted by atomic mass is 19.4. The quantitative estimate of drug-likeness (QED) is 0.190. The van der Waals surface area contributed by atoms with E-state index >= 15 is 0 Å². The summed E-state index contributed by atoms with van der Waals surface area (Å²) in [6.45, 7) is 0. The van der Waals surface area contributed by atoms with Crippen molar-refractivity contribution >= 4 is 28.4 Å². The summed E-state index contributed by atoms with van der Waals surface area (Å²) >= 11 is 0. The lowest BCUT2D eigenvalue weighted by molar-refractivity contribution is -0.137. The van der Waals surface area contributed by atoms with Gasteiger partial charge in [-0.05, 0) is 70.3 Å². The van der Waals surface area contributed by atoms with Crippen molar-refractivity contribution in [2.24, 2.45) is 0 Å². The minimum Gasteiger partial charge on any atom is -0.321 e. The summed E-state index contributed by atoms with van der Waals surface area (Å²) in [4.78, 5) is 12.8. The zero-order valence-corrected chi connectivity index (χ0v) is 18.2. The van der Waals surface area contributed by atoms with E-state index in [-0.39, 0.29) is 17.1 Å². The Bertz CT molecular complexity index is 1480. The van der Waals surface area contributed by atoms with Crippen LogP contribution in [0.4, 0.5) is 23.2 Å². The van der Waals surface area contributed by atoms with E-state index in [2.05, 4.69) is 5.32 Å². The van der Waals surface area contributed by atoms with Crippen molar-refractivity contribution in [2.45, 2.75) is 12.6 Å². The number of benzene rings is 4. The lowest BCUT2D eigenvalue weighted by atomic mass is 9.93. The fraction of sp³-hybridized carbons (Fsp3) is 0.0714. The second kappa shape index (κ2) is 9.82. The van der Waals surface area contributed by atoms with Crippen LogP contribution in [0.3, 0.4) is 0 Å². The van der Waals surface area contributed by atoms with Gasteiger partial charge >= 0.3 is 6.18 Å². The summed E-state index contributed by atoms with van der Waals surface area (Å²) in [7, 11) is 0. The van der Waals surface area contributed by atoms with Crippen LogP contribution in [0, 0.1) is 17.1 Å². The third-order valence-electron chi connectivity index (χ3n) is 5.45. The number of hydrogen-bond donors (Lipinski definition) is 1. The lowest BCUT2D eigenvalue weighted by Crippen LogP contribution is -2.14. The fourth-order valence-corrected chi connectivity index (χ4v) is 3.80. The first-order chi connectivity index (χ1) is 16.7. The molecule has 0 aliphatic heterocycles. The molecule has 35 heavy (non-hydrogen) atoms. The third-order valence-corrected chi connectivity index (χ3v) is 5.45. The molecule has 0 bridgehead atoms. The molecule has 0 spiro atoms.